The molecule has 0 radical (unpaired) electrons. The van der Waals surface area contributed by atoms with E-state index in [1.165, 1.54) is 4.90 Å². The van der Waals surface area contributed by atoms with Crippen LogP contribution in [0, 0.1) is 0 Å². The minimum atomic E-state index is -1.11. The third-order valence-corrected chi connectivity index (χ3v) is 5.36. The molecule has 0 spiro atoms. The molecule has 2 N–H and O–H groups in total. The van der Waals surface area contributed by atoms with Crippen molar-refractivity contribution < 1.29 is 24.5 Å². The monoisotopic (exact) mass is 333 g/mol. The van der Waals surface area contributed by atoms with Crippen LogP contribution >= 0.6 is 0 Å². The first-order valence-corrected chi connectivity index (χ1v) is 8.34. The molecule has 2 fully saturated rings. The zero-order valence-corrected chi connectivity index (χ0v) is 13.7. The number of ether oxygens (including phenoxy) is 1. The molecular formula is C18H23NO5. The number of amides is 1. The number of hydrogen-bond donors (Lipinski definition) is 2. The van der Waals surface area contributed by atoms with Crippen molar-refractivity contribution in [2.24, 2.45) is 0 Å². The van der Waals surface area contributed by atoms with Crippen LogP contribution in [-0.2, 0) is 14.9 Å². The zero-order valence-electron chi connectivity index (χ0n) is 13.7. The normalized spacial score (nSPS) is 28.2. The van der Waals surface area contributed by atoms with E-state index >= 15 is 0 Å². The van der Waals surface area contributed by atoms with Gasteiger partial charge in [-0.3, -0.25) is 4.79 Å². The Bertz CT molecular complexity index is 605. The van der Waals surface area contributed by atoms with Crippen LogP contribution in [0.3, 0.4) is 0 Å². The fourth-order valence-electron chi connectivity index (χ4n) is 3.90. The number of carbonyl (C=O) groups is 2. The Morgan fingerprint density at radius 1 is 1.21 bits per heavy atom. The van der Waals surface area contributed by atoms with Gasteiger partial charge in [0.05, 0.1) is 6.61 Å². The molecule has 0 saturated carbocycles. The smallest absolute Gasteiger partial charge is 0.407 e. The molecule has 2 bridgehead atoms. The Balaban J connectivity index is 1.70. The van der Waals surface area contributed by atoms with Crippen LogP contribution < -0.4 is 0 Å². The summed E-state index contributed by atoms with van der Waals surface area (Å²) in [7, 11) is 0. The molecule has 0 aliphatic carbocycles. The van der Waals surface area contributed by atoms with Crippen LogP contribution in [0.4, 0.5) is 4.79 Å². The Kier molecular flexibility index (Phi) is 4.49. The van der Waals surface area contributed by atoms with Crippen molar-refractivity contribution in [3.63, 3.8) is 0 Å². The molecule has 1 amide bonds. The van der Waals surface area contributed by atoms with Crippen molar-refractivity contribution in [1.29, 1.82) is 0 Å². The first-order valence-electron chi connectivity index (χ1n) is 8.34. The lowest BCUT2D eigenvalue weighted by atomic mass is 9.83. The maximum absolute atomic E-state index is 12.7. The summed E-state index contributed by atoms with van der Waals surface area (Å²) in [4.78, 5) is 25.5. The maximum Gasteiger partial charge on any atom is 0.407 e. The SMILES string of the molecule is CC(CO)(C(=O)O[C@H]1C[C@H]2CC[C@@H](C1)N2C(=O)O)c1ccccc1. The molecule has 2 saturated heterocycles. The highest BCUT2D eigenvalue weighted by Gasteiger charge is 2.46. The standard InChI is InChI=1S/C18H23NO5/c1-18(11-20,12-5-3-2-4-6-12)16(21)24-15-9-13-7-8-14(10-15)19(13)17(22)23/h2-6,13-15,20H,7-11H2,1H3,(H,22,23)/t13-,14+,15+,18?. The first-order chi connectivity index (χ1) is 11.5. The van der Waals surface area contributed by atoms with E-state index in [0.29, 0.717) is 18.4 Å². The third kappa shape index (κ3) is 2.86. The summed E-state index contributed by atoms with van der Waals surface area (Å²) in [6, 6.07) is 8.95. The van der Waals surface area contributed by atoms with Gasteiger partial charge >= 0.3 is 12.1 Å². The molecule has 4 atom stereocenters. The number of hydrogen-bond acceptors (Lipinski definition) is 4. The number of fused-ring (bicyclic) bond motifs is 2. The predicted octanol–water partition coefficient (Wildman–Crippen LogP) is 2.15. The molecule has 6 heteroatoms. The van der Waals surface area contributed by atoms with Crippen LogP contribution in [-0.4, -0.2) is 52.0 Å². The van der Waals surface area contributed by atoms with Gasteiger partial charge in [-0.05, 0) is 25.3 Å². The highest BCUT2D eigenvalue weighted by molar-refractivity contribution is 5.83. The highest BCUT2D eigenvalue weighted by Crippen LogP contribution is 2.38. The van der Waals surface area contributed by atoms with Crippen LogP contribution in [0.1, 0.15) is 38.2 Å². The topological polar surface area (TPSA) is 87.1 Å². The van der Waals surface area contributed by atoms with E-state index in [4.69, 9.17) is 4.74 Å². The molecule has 2 aliphatic rings. The fraction of sp³-hybridized carbons (Fsp3) is 0.556. The lowest BCUT2D eigenvalue weighted by molar-refractivity contribution is -0.160. The fourth-order valence-corrected chi connectivity index (χ4v) is 3.90. The molecule has 1 aromatic carbocycles. The zero-order chi connectivity index (χ0) is 17.3. The second kappa shape index (κ2) is 6.43. The number of aliphatic hydroxyl groups is 1. The lowest BCUT2D eigenvalue weighted by Crippen LogP contribution is -2.49. The van der Waals surface area contributed by atoms with Crippen molar-refractivity contribution in [3.8, 4) is 0 Å². The van der Waals surface area contributed by atoms with Gasteiger partial charge in [-0.2, -0.15) is 0 Å². The molecule has 2 aliphatic heterocycles. The quantitative estimate of drug-likeness (QED) is 0.825. The first kappa shape index (κ1) is 16.8. The molecule has 1 unspecified atom stereocenters. The number of carboxylic acid groups (broad SMARTS) is 1. The van der Waals surface area contributed by atoms with Gasteiger partial charge in [0.15, 0.2) is 0 Å². The van der Waals surface area contributed by atoms with Gasteiger partial charge in [0.1, 0.15) is 11.5 Å². The number of aliphatic hydroxyl groups excluding tert-OH is 1. The van der Waals surface area contributed by atoms with Gasteiger partial charge in [-0.25, -0.2) is 4.79 Å². The summed E-state index contributed by atoms with van der Waals surface area (Å²) < 4.78 is 5.69. The summed E-state index contributed by atoms with van der Waals surface area (Å²) >= 11 is 0. The molecule has 130 valence electrons. The average molecular weight is 333 g/mol. The summed E-state index contributed by atoms with van der Waals surface area (Å²) in [5.74, 6) is -0.454. The Morgan fingerprint density at radius 3 is 2.29 bits per heavy atom. The lowest BCUT2D eigenvalue weighted by Gasteiger charge is -2.38. The molecule has 1 aromatic rings. The molecule has 2 heterocycles. The van der Waals surface area contributed by atoms with Gasteiger partial charge in [-0.1, -0.05) is 30.3 Å². The van der Waals surface area contributed by atoms with Crippen molar-refractivity contribution in [3.05, 3.63) is 35.9 Å². The summed E-state index contributed by atoms with van der Waals surface area (Å²) in [6.45, 7) is 1.34. The number of carbonyl (C=O) groups excluding carboxylic acids is 1. The number of benzene rings is 1. The van der Waals surface area contributed by atoms with E-state index in [-0.39, 0.29) is 24.8 Å². The van der Waals surface area contributed by atoms with Crippen molar-refractivity contribution >= 4 is 12.1 Å². The van der Waals surface area contributed by atoms with Gasteiger partial charge in [0.25, 0.3) is 0 Å². The van der Waals surface area contributed by atoms with Crippen molar-refractivity contribution in [2.75, 3.05) is 6.61 Å². The number of nitrogens with zero attached hydrogens (tertiary/aromatic N) is 1. The number of esters is 1. The second-order valence-electron chi connectivity index (χ2n) is 6.93. The Labute approximate surface area is 141 Å². The van der Waals surface area contributed by atoms with Crippen LogP contribution in [0.2, 0.25) is 0 Å². The van der Waals surface area contributed by atoms with E-state index in [2.05, 4.69) is 0 Å². The van der Waals surface area contributed by atoms with Crippen LogP contribution in [0.5, 0.6) is 0 Å². The van der Waals surface area contributed by atoms with E-state index in [1.807, 2.05) is 18.2 Å². The van der Waals surface area contributed by atoms with Crippen molar-refractivity contribution in [2.45, 2.75) is 56.2 Å². The number of rotatable bonds is 4. The summed E-state index contributed by atoms with van der Waals surface area (Å²) in [6.07, 6.45) is 1.52. The number of piperidine rings is 1. The molecule has 0 aromatic heterocycles. The van der Waals surface area contributed by atoms with E-state index in [9.17, 15) is 19.8 Å². The van der Waals surface area contributed by atoms with Gasteiger partial charge in [-0.15, -0.1) is 0 Å². The van der Waals surface area contributed by atoms with E-state index in [0.717, 1.165) is 12.8 Å². The Hall–Kier alpha value is -2.08. The highest BCUT2D eigenvalue weighted by atomic mass is 16.5. The van der Waals surface area contributed by atoms with Gasteiger partial charge in [0, 0.05) is 24.9 Å². The largest absolute Gasteiger partial charge is 0.465 e. The van der Waals surface area contributed by atoms with Crippen LogP contribution in [0.25, 0.3) is 0 Å². The summed E-state index contributed by atoms with van der Waals surface area (Å²) in [5.41, 5.74) is -0.395. The summed E-state index contributed by atoms with van der Waals surface area (Å²) in [5, 5.41) is 19.1. The van der Waals surface area contributed by atoms with E-state index < -0.39 is 17.5 Å². The minimum absolute atomic E-state index is 0.0730. The molecule has 24 heavy (non-hydrogen) atoms. The minimum Gasteiger partial charge on any atom is -0.465 e. The van der Waals surface area contributed by atoms with E-state index in [1.54, 1.807) is 19.1 Å². The molecular weight excluding hydrogens is 310 g/mol. The van der Waals surface area contributed by atoms with Gasteiger partial charge < -0.3 is 19.8 Å². The predicted molar refractivity (Wildman–Crippen MR) is 86.7 cm³/mol. The third-order valence-electron chi connectivity index (χ3n) is 5.36. The maximum atomic E-state index is 12.7. The molecule has 3 rings (SSSR count). The molecule has 6 nitrogen and oxygen atoms in total. The van der Waals surface area contributed by atoms with Gasteiger partial charge in [0.2, 0.25) is 0 Å². The Morgan fingerprint density at radius 2 is 1.79 bits per heavy atom. The second-order valence-corrected chi connectivity index (χ2v) is 6.93. The van der Waals surface area contributed by atoms with Crippen molar-refractivity contribution in [1.82, 2.24) is 4.90 Å². The average Bonchev–Trinajstić information content (AvgIpc) is 2.86. The van der Waals surface area contributed by atoms with Crippen LogP contribution in [0.15, 0.2) is 30.3 Å².